The van der Waals surface area contributed by atoms with E-state index in [1.807, 2.05) is 12.1 Å². The first kappa shape index (κ1) is 16.0. The maximum absolute atomic E-state index is 13.4. The fourth-order valence-corrected chi connectivity index (χ4v) is 4.06. The van der Waals surface area contributed by atoms with Gasteiger partial charge in [0.2, 0.25) is 0 Å². The van der Waals surface area contributed by atoms with Gasteiger partial charge in [-0.15, -0.1) is 11.8 Å². The molecule has 1 heterocycles. The molecule has 1 nitrogen and oxygen atoms in total. The van der Waals surface area contributed by atoms with Crippen molar-refractivity contribution >= 4 is 22.7 Å². The van der Waals surface area contributed by atoms with Crippen LogP contribution in [0.25, 0.3) is 10.9 Å². The smallest absolute Gasteiger partial charge is 0.123 e. The molecular formula is C22H18FNS. The van der Waals surface area contributed by atoms with Gasteiger partial charge in [0.1, 0.15) is 5.82 Å². The van der Waals surface area contributed by atoms with Gasteiger partial charge >= 0.3 is 0 Å². The van der Waals surface area contributed by atoms with Crippen LogP contribution in [0.1, 0.15) is 11.1 Å². The lowest BCUT2D eigenvalue weighted by atomic mass is 10.2. The molecule has 3 heteroatoms. The molecule has 0 radical (unpaired) electrons. The average Bonchev–Trinajstić information content (AvgIpc) is 2.99. The summed E-state index contributed by atoms with van der Waals surface area (Å²) in [4.78, 5) is 1.23. The molecule has 0 N–H and O–H groups in total. The van der Waals surface area contributed by atoms with Crippen LogP contribution < -0.4 is 0 Å². The van der Waals surface area contributed by atoms with Crippen molar-refractivity contribution in [2.75, 3.05) is 0 Å². The third-order valence-corrected chi connectivity index (χ3v) is 5.35. The Morgan fingerprint density at radius 1 is 0.800 bits per heavy atom. The normalized spacial score (nSPS) is 11.1. The van der Waals surface area contributed by atoms with Crippen molar-refractivity contribution in [3.8, 4) is 0 Å². The van der Waals surface area contributed by atoms with Gasteiger partial charge in [-0.3, -0.25) is 0 Å². The van der Waals surface area contributed by atoms with Crippen LogP contribution in [0.5, 0.6) is 0 Å². The average molecular weight is 347 g/mol. The Morgan fingerprint density at radius 3 is 2.40 bits per heavy atom. The maximum atomic E-state index is 13.4. The van der Waals surface area contributed by atoms with Crippen molar-refractivity contribution in [2.24, 2.45) is 0 Å². The van der Waals surface area contributed by atoms with Crippen LogP contribution in [-0.2, 0) is 12.3 Å². The monoisotopic (exact) mass is 347 g/mol. The van der Waals surface area contributed by atoms with Gasteiger partial charge in [0.05, 0.1) is 0 Å². The summed E-state index contributed by atoms with van der Waals surface area (Å²) in [7, 11) is 0. The van der Waals surface area contributed by atoms with Crippen molar-refractivity contribution in [2.45, 2.75) is 17.2 Å². The molecule has 0 unspecified atom stereocenters. The zero-order chi connectivity index (χ0) is 17.1. The van der Waals surface area contributed by atoms with Crippen molar-refractivity contribution in [3.63, 3.8) is 0 Å². The van der Waals surface area contributed by atoms with Gasteiger partial charge in [0, 0.05) is 34.3 Å². The van der Waals surface area contributed by atoms with Gasteiger partial charge < -0.3 is 4.57 Å². The highest BCUT2D eigenvalue weighted by molar-refractivity contribution is 7.98. The van der Waals surface area contributed by atoms with Crippen LogP contribution >= 0.6 is 11.8 Å². The number of fused-ring (bicyclic) bond motifs is 1. The van der Waals surface area contributed by atoms with Crippen molar-refractivity contribution in [1.82, 2.24) is 4.57 Å². The van der Waals surface area contributed by atoms with E-state index in [9.17, 15) is 4.39 Å². The molecule has 3 aromatic carbocycles. The number of halogens is 1. The highest BCUT2D eigenvalue weighted by atomic mass is 32.2. The van der Waals surface area contributed by atoms with Crippen molar-refractivity contribution < 1.29 is 4.39 Å². The summed E-state index contributed by atoms with van der Waals surface area (Å²) in [5, 5.41) is 1.25. The van der Waals surface area contributed by atoms with Gasteiger partial charge in [-0.25, -0.2) is 4.39 Å². The van der Waals surface area contributed by atoms with E-state index < -0.39 is 0 Å². The first-order valence-electron chi connectivity index (χ1n) is 8.28. The van der Waals surface area contributed by atoms with Crippen LogP contribution in [0, 0.1) is 5.82 Å². The largest absolute Gasteiger partial charge is 0.342 e. The summed E-state index contributed by atoms with van der Waals surface area (Å²) >= 11 is 1.76. The molecule has 0 spiro atoms. The van der Waals surface area contributed by atoms with E-state index in [4.69, 9.17) is 0 Å². The van der Waals surface area contributed by atoms with Crippen LogP contribution in [0.4, 0.5) is 4.39 Å². The SMILES string of the molecule is Fc1cccc(CSc2cn(Cc3ccccc3)c3ccccc23)c1. The number of para-hydroxylation sites is 1. The molecule has 124 valence electrons. The molecule has 0 aliphatic carbocycles. The molecule has 4 rings (SSSR count). The Bertz CT molecular complexity index is 991. The van der Waals surface area contributed by atoms with E-state index in [2.05, 4.69) is 59.3 Å². The van der Waals surface area contributed by atoms with E-state index >= 15 is 0 Å². The Kier molecular flexibility index (Phi) is 4.57. The summed E-state index contributed by atoms with van der Waals surface area (Å²) in [6.07, 6.45) is 2.21. The van der Waals surface area contributed by atoms with Crippen LogP contribution in [-0.4, -0.2) is 4.57 Å². The number of thioether (sulfide) groups is 1. The summed E-state index contributed by atoms with van der Waals surface area (Å²) < 4.78 is 15.7. The highest BCUT2D eigenvalue weighted by Gasteiger charge is 2.09. The predicted octanol–water partition coefficient (Wildman–Crippen LogP) is 6.12. The van der Waals surface area contributed by atoms with Crippen molar-refractivity contribution in [1.29, 1.82) is 0 Å². The van der Waals surface area contributed by atoms with Gasteiger partial charge in [-0.1, -0.05) is 60.7 Å². The number of benzene rings is 3. The first-order chi connectivity index (χ1) is 12.3. The minimum Gasteiger partial charge on any atom is -0.342 e. The Labute approximate surface area is 151 Å². The maximum Gasteiger partial charge on any atom is 0.123 e. The van der Waals surface area contributed by atoms with E-state index in [1.165, 1.54) is 27.4 Å². The number of rotatable bonds is 5. The minimum atomic E-state index is -0.176. The zero-order valence-electron chi connectivity index (χ0n) is 13.7. The summed E-state index contributed by atoms with van der Waals surface area (Å²) in [5.74, 6) is 0.585. The quantitative estimate of drug-likeness (QED) is 0.394. The molecule has 0 aliphatic heterocycles. The van der Waals surface area contributed by atoms with E-state index in [0.29, 0.717) is 0 Å². The standard InChI is InChI=1S/C22H18FNS/c23-19-10-6-9-18(13-19)16-25-22-15-24(14-17-7-2-1-3-8-17)21-12-5-4-11-20(21)22/h1-13,15H,14,16H2. The topological polar surface area (TPSA) is 4.93 Å². The van der Waals surface area contributed by atoms with Crippen LogP contribution in [0.3, 0.4) is 0 Å². The van der Waals surface area contributed by atoms with Gasteiger partial charge in [-0.05, 0) is 29.3 Å². The number of hydrogen-bond donors (Lipinski definition) is 0. The lowest BCUT2D eigenvalue weighted by Crippen LogP contribution is -1.97. The molecule has 1 aromatic heterocycles. The molecule has 0 aliphatic rings. The fraction of sp³-hybridized carbons (Fsp3) is 0.0909. The molecular weight excluding hydrogens is 329 g/mol. The van der Waals surface area contributed by atoms with Gasteiger partial charge in [0.25, 0.3) is 0 Å². The van der Waals surface area contributed by atoms with Crippen LogP contribution in [0.2, 0.25) is 0 Å². The predicted molar refractivity (Wildman–Crippen MR) is 103 cm³/mol. The Hall–Kier alpha value is -2.52. The van der Waals surface area contributed by atoms with Crippen LogP contribution in [0.15, 0.2) is 90.0 Å². The summed E-state index contributed by atoms with van der Waals surface area (Å²) in [6.45, 7) is 0.849. The molecule has 0 saturated heterocycles. The van der Waals surface area contributed by atoms with E-state index in [1.54, 1.807) is 23.9 Å². The van der Waals surface area contributed by atoms with Crippen molar-refractivity contribution in [3.05, 3.63) is 102 Å². The number of hydrogen-bond acceptors (Lipinski definition) is 1. The lowest BCUT2D eigenvalue weighted by molar-refractivity contribution is 0.626. The third-order valence-electron chi connectivity index (χ3n) is 4.23. The second-order valence-corrected chi connectivity index (χ2v) is 7.06. The Balaban J connectivity index is 1.63. The highest BCUT2D eigenvalue weighted by Crippen LogP contribution is 2.32. The lowest BCUT2D eigenvalue weighted by Gasteiger charge is -2.05. The van der Waals surface area contributed by atoms with E-state index in [0.717, 1.165) is 17.9 Å². The van der Waals surface area contributed by atoms with E-state index in [-0.39, 0.29) is 5.82 Å². The molecule has 4 aromatic rings. The second kappa shape index (κ2) is 7.16. The molecule has 25 heavy (non-hydrogen) atoms. The summed E-state index contributed by atoms with van der Waals surface area (Å²) in [6, 6.07) is 25.8. The summed E-state index contributed by atoms with van der Waals surface area (Å²) in [5.41, 5.74) is 3.52. The fourth-order valence-electron chi connectivity index (χ4n) is 3.03. The minimum absolute atomic E-state index is 0.176. The molecule has 0 fully saturated rings. The number of aromatic nitrogens is 1. The molecule has 0 bridgehead atoms. The second-order valence-electron chi connectivity index (χ2n) is 6.04. The van der Waals surface area contributed by atoms with Gasteiger partial charge in [-0.2, -0.15) is 0 Å². The third kappa shape index (κ3) is 3.62. The first-order valence-corrected chi connectivity index (χ1v) is 9.27. The zero-order valence-corrected chi connectivity index (χ0v) is 14.5. The molecule has 0 atom stereocenters. The number of nitrogens with zero attached hydrogens (tertiary/aromatic N) is 1. The van der Waals surface area contributed by atoms with Gasteiger partial charge in [0.15, 0.2) is 0 Å². The Morgan fingerprint density at radius 2 is 1.56 bits per heavy atom. The molecule has 0 amide bonds. The molecule has 0 saturated carbocycles.